The van der Waals surface area contributed by atoms with E-state index in [-0.39, 0.29) is 0 Å². The van der Waals surface area contributed by atoms with Crippen LogP contribution in [-0.4, -0.2) is 34.9 Å². The number of nitrogens with zero attached hydrogens (tertiary/aromatic N) is 1. The third-order valence-corrected chi connectivity index (χ3v) is 7.21. The van der Waals surface area contributed by atoms with Crippen LogP contribution in [0.4, 0.5) is 5.69 Å². The molecule has 3 heteroatoms. The van der Waals surface area contributed by atoms with E-state index < -0.39 is 0 Å². The molecule has 2 radical (unpaired) electrons. The number of rotatable bonds is 12. The van der Waals surface area contributed by atoms with Crippen LogP contribution in [0.15, 0.2) is 24.3 Å². The first-order valence-corrected chi connectivity index (χ1v) is 12.0. The Labute approximate surface area is 164 Å². The predicted molar refractivity (Wildman–Crippen MR) is 115 cm³/mol. The second-order valence-corrected chi connectivity index (χ2v) is 10.0. The van der Waals surface area contributed by atoms with Crippen molar-refractivity contribution in [2.75, 3.05) is 24.6 Å². The van der Waals surface area contributed by atoms with Crippen molar-refractivity contribution in [1.82, 2.24) is 0 Å². The lowest BCUT2D eigenvalue weighted by Gasteiger charge is -2.31. The number of para-hydroxylation sites is 1. The molecule has 1 heterocycles. The molecular weight excluding hydrogens is 334 g/mol. The van der Waals surface area contributed by atoms with Crippen molar-refractivity contribution in [3.05, 3.63) is 29.8 Å². The van der Waals surface area contributed by atoms with Gasteiger partial charge in [-0.25, -0.2) is 0 Å². The average molecular weight is 374 g/mol. The van der Waals surface area contributed by atoms with Gasteiger partial charge in [0.05, 0.1) is 16.1 Å². The number of benzene rings is 1. The molecule has 0 spiro atoms. The summed E-state index contributed by atoms with van der Waals surface area (Å²) < 4.78 is 6.28. The van der Waals surface area contributed by atoms with Crippen LogP contribution in [0.2, 0.25) is 6.04 Å². The second-order valence-electron chi connectivity index (χ2n) is 8.46. The molecule has 1 aromatic carbocycles. The third-order valence-electron chi connectivity index (χ3n) is 5.64. The van der Waals surface area contributed by atoms with Gasteiger partial charge in [-0.1, -0.05) is 71.2 Å². The highest BCUT2D eigenvalue weighted by atomic mass is 28.2. The van der Waals surface area contributed by atoms with Crippen molar-refractivity contribution in [2.45, 2.75) is 84.4 Å². The van der Waals surface area contributed by atoms with Gasteiger partial charge in [-0.3, -0.25) is 0 Å². The Morgan fingerprint density at radius 3 is 2.77 bits per heavy atom. The summed E-state index contributed by atoms with van der Waals surface area (Å²) in [6.45, 7) is 12.5. The van der Waals surface area contributed by atoms with Crippen LogP contribution in [0.5, 0.6) is 0 Å². The molecule has 2 rings (SSSR count). The number of unbranched alkanes of at least 4 members (excludes halogenated alkanes) is 1. The quantitative estimate of drug-likeness (QED) is 0.422. The average Bonchev–Trinajstić information content (AvgIpc) is 2.65. The summed E-state index contributed by atoms with van der Waals surface area (Å²) in [6, 6.07) is 10.2. The molecular formula is C23H39NOSi. The molecule has 0 fully saturated rings. The van der Waals surface area contributed by atoms with Crippen LogP contribution in [0.1, 0.15) is 71.8 Å². The van der Waals surface area contributed by atoms with Gasteiger partial charge in [0.1, 0.15) is 0 Å². The fraction of sp³-hybridized carbons (Fsp3) is 0.739. The molecule has 1 aromatic rings. The molecule has 0 bridgehead atoms. The smallest absolute Gasteiger partial charge is 0.0778 e. The van der Waals surface area contributed by atoms with Crippen LogP contribution in [0.25, 0.3) is 0 Å². The monoisotopic (exact) mass is 373 g/mol. The van der Waals surface area contributed by atoms with Crippen molar-refractivity contribution < 1.29 is 4.74 Å². The van der Waals surface area contributed by atoms with E-state index >= 15 is 0 Å². The molecule has 0 saturated heterocycles. The molecule has 0 saturated carbocycles. The second kappa shape index (κ2) is 11.1. The third kappa shape index (κ3) is 7.07. The van der Waals surface area contributed by atoms with Crippen LogP contribution in [0, 0.1) is 5.41 Å². The van der Waals surface area contributed by atoms with Gasteiger partial charge >= 0.3 is 0 Å². The van der Waals surface area contributed by atoms with Crippen molar-refractivity contribution in [1.29, 1.82) is 0 Å². The molecule has 0 N–H and O–H groups in total. The molecule has 146 valence electrons. The lowest BCUT2D eigenvalue weighted by Crippen LogP contribution is -2.34. The summed E-state index contributed by atoms with van der Waals surface area (Å²) in [4.78, 5) is 2.52. The van der Waals surface area contributed by atoms with Crippen LogP contribution in [0.3, 0.4) is 0 Å². The van der Waals surface area contributed by atoms with E-state index in [0.29, 0.717) is 11.1 Å². The molecule has 1 unspecified atom stereocenters. The minimum atomic E-state index is 0.456. The van der Waals surface area contributed by atoms with Gasteiger partial charge < -0.3 is 9.64 Å². The maximum atomic E-state index is 6.28. The van der Waals surface area contributed by atoms with Gasteiger partial charge in [0.25, 0.3) is 0 Å². The first-order valence-electron chi connectivity index (χ1n) is 10.7. The number of anilines is 1. The lowest BCUT2D eigenvalue weighted by atomic mass is 9.85. The number of hydrogen-bond donors (Lipinski definition) is 0. The maximum Gasteiger partial charge on any atom is 0.0778 e. The predicted octanol–water partition coefficient (Wildman–Crippen LogP) is 5.92. The van der Waals surface area contributed by atoms with E-state index in [1.165, 1.54) is 62.4 Å². The lowest BCUT2D eigenvalue weighted by molar-refractivity contribution is 0.107. The fourth-order valence-corrected chi connectivity index (χ4v) is 5.49. The number of fused-ring (bicyclic) bond motifs is 1. The fourth-order valence-electron chi connectivity index (χ4n) is 3.82. The van der Waals surface area contributed by atoms with E-state index in [0.717, 1.165) is 29.1 Å². The molecule has 1 aliphatic rings. The van der Waals surface area contributed by atoms with Crippen molar-refractivity contribution >= 4 is 15.2 Å². The van der Waals surface area contributed by atoms with Crippen molar-refractivity contribution in [3.8, 4) is 0 Å². The number of ether oxygens (including phenoxy) is 1. The minimum absolute atomic E-state index is 0.456. The Balaban J connectivity index is 1.69. The van der Waals surface area contributed by atoms with E-state index in [1.807, 2.05) is 0 Å². The van der Waals surface area contributed by atoms with Gasteiger partial charge in [-0.15, -0.1) is 0 Å². The van der Waals surface area contributed by atoms with E-state index in [1.54, 1.807) is 0 Å². The van der Waals surface area contributed by atoms with Gasteiger partial charge in [-0.2, -0.15) is 0 Å². The molecule has 0 aliphatic carbocycles. The SMILES string of the molecule is CCCCC(C)(C)CC[Si]C(CC)OCCN1CCCc2ccccc21. The van der Waals surface area contributed by atoms with Crippen LogP contribution in [-0.2, 0) is 11.2 Å². The Morgan fingerprint density at radius 2 is 2.00 bits per heavy atom. The van der Waals surface area contributed by atoms with Crippen molar-refractivity contribution in [2.24, 2.45) is 5.41 Å². The Morgan fingerprint density at radius 1 is 1.19 bits per heavy atom. The highest BCUT2D eigenvalue weighted by Crippen LogP contribution is 2.29. The summed E-state index contributed by atoms with van der Waals surface area (Å²) in [7, 11) is 0.943. The number of aryl methyl sites for hydroxylation is 1. The molecule has 2 nitrogen and oxygen atoms in total. The summed E-state index contributed by atoms with van der Waals surface area (Å²) in [6.07, 6.45) is 9.01. The molecule has 0 aromatic heterocycles. The highest BCUT2D eigenvalue weighted by Gasteiger charge is 2.19. The van der Waals surface area contributed by atoms with Gasteiger partial charge in [0.2, 0.25) is 0 Å². The summed E-state index contributed by atoms with van der Waals surface area (Å²) in [5.74, 6) is 0. The van der Waals surface area contributed by atoms with E-state index in [2.05, 4.69) is 56.9 Å². The zero-order chi connectivity index (χ0) is 18.8. The first kappa shape index (κ1) is 21.5. The Bertz CT molecular complexity index is 517. The van der Waals surface area contributed by atoms with Gasteiger partial charge in [-0.05, 0) is 42.7 Å². The zero-order valence-corrected chi connectivity index (χ0v) is 18.5. The maximum absolute atomic E-state index is 6.28. The summed E-state index contributed by atoms with van der Waals surface area (Å²) >= 11 is 0. The zero-order valence-electron chi connectivity index (χ0n) is 17.5. The van der Waals surface area contributed by atoms with E-state index in [4.69, 9.17) is 4.74 Å². The Hall–Kier alpha value is -0.803. The van der Waals surface area contributed by atoms with Gasteiger partial charge in [0.15, 0.2) is 0 Å². The summed E-state index contributed by atoms with van der Waals surface area (Å²) in [5.41, 5.74) is 3.88. The molecule has 1 atom stereocenters. The van der Waals surface area contributed by atoms with Crippen LogP contribution >= 0.6 is 0 Å². The summed E-state index contributed by atoms with van der Waals surface area (Å²) in [5, 5.41) is 0. The number of hydrogen-bond acceptors (Lipinski definition) is 2. The first-order chi connectivity index (χ1) is 12.6. The van der Waals surface area contributed by atoms with E-state index in [9.17, 15) is 0 Å². The van der Waals surface area contributed by atoms with Crippen molar-refractivity contribution in [3.63, 3.8) is 0 Å². The molecule has 26 heavy (non-hydrogen) atoms. The Kier molecular flexibility index (Phi) is 9.21. The van der Waals surface area contributed by atoms with Gasteiger partial charge in [0, 0.05) is 24.5 Å². The molecule has 0 amide bonds. The molecule has 1 aliphatic heterocycles. The van der Waals surface area contributed by atoms with Crippen LogP contribution < -0.4 is 4.90 Å². The normalized spacial score (nSPS) is 15.8. The topological polar surface area (TPSA) is 12.5 Å². The standard InChI is InChI=1S/C23H39NOSi/c1-5-7-14-23(3,4)15-19-26-22(6-2)25-18-17-24-16-10-12-20-11-8-9-13-21(20)24/h8-9,11,13,22H,5-7,10,12,14-19H2,1-4H3. The minimum Gasteiger partial charge on any atom is -0.380 e. The highest BCUT2D eigenvalue weighted by molar-refractivity contribution is 6.37. The largest absolute Gasteiger partial charge is 0.380 e.